The molecule has 1 aromatic carbocycles. The first kappa shape index (κ1) is 19.7. The van der Waals surface area contributed by atoms with E-state index in [9.17, 15) is 4.79 Å². The molecule has 1 N–H and O–H groups in total. The first-order chi connectivity index (χ1) is 13.2. The van der Waals surface area contributed by atoms with E-state index in [1.54, 1.807) is 12.3 Å². The number of anilines is 1. The highest BCUT2D eigenvalue weighted by Gasteiger charge is 2.24. The van der Waals surface area contributed by atoms with E-state index in [2.05, 4.69) is 21.5 Å². The number of rotatable bonds is 8. The molecular weight excluding hydrogens is 358 g/mol. The molecule has 1 aliphatic heterocycles. The summed E-state index contributed by atoms with van der Waals surface area (Å²) in [6.45, 7) is 3.16. The van der Waals surface area contributed by atoms with Crippen LogP contribution >= 0.6 is 11.8 Å². The van der Waals surface area contributed by atoms with Crippen molar-refractivity contribution in [1.29, 1.82) is 0 Å². The predicted molar refractivity (Wildman–Crippen MR) is 112 cm³/mol. The van der Waals surface area contributed by atoms with Gasteiger partial charge in [0.2, 0.25) is 11.8 Å². The van der Waals surface area contributed by atoms with E-state index in [0.29, 0.717) is 11.6 Å². The van der Waals surface area contributed by atoms with Crippen LogP contribution in [0.25, 0.3) is 0 Å². The van der Waals surface area contributed by atoms with Gasteiger partial charge in [-0.25, -0.2) is 4.98 Å². The van der Waals surface area contributed by atoms with Crippen molar-refractivity contribution >= 4 is 23.4 Å². The first-order valence-electron chi connectivity index (χ1n) is 9.45. The average Bonchev–Trinajstić information content (AvgIpc) is 2.71. The Morgan fingerprint density at radius 1 is 1.22 bits per heavy atom. The molecule has 0 unspecified atom stereocenters. The number of para-hydroxylation sites is 1. The van der Waals surface area contributed by atoms with Gasteiger partial charge in [0.15, 0.2) is 0 Å². The number of ether oxygens (including phenoxy) is 1. The summed E-state index contributed by atoms with van der Waals surface area (Å²) in [6, 6.07) is 13.1. The summed E-state index contributed by atoms with van der Waals surface area (Å²) >= 11 is 1.89. The number of amides is 1. The fraction of sp³-hybridized carbons (Fsp3) is 0.429. The third-order valence-electron chi connectivity index (χ3n) is 4.75. The van der Waals surface area contributed by atoms with Crippen molar-refractivity contribution in [3.8, 4) is 11.6 Å². The van der Waals surface area contributed by atoms with Crippen LogP contribution in [0.1, 0.15) is 19.3 Å². The van der Waals surface area contributed by atoms with Crippen LogP contribution < -0.4 is 10.1 Å². The van der Waals surface area contributed by atoms with Crippen molar-refractivity contribution in [2.24, 2.45) is 5.92 Å². The van der Waals surface area contributed by atoms with Gasteiger partial charge in [-0.1, -0.05) is 18.2 Å². The monoisotopic (exact) mass is 385 g/mol. The van der Waals surface area contributed by atoms with E-state index in [0.717, 1.165) is 38.2 Å². The summed E-state index contributed by atoms with van der Waals surface area (Å²) in [7, 11) is 0. The van der Waals surface area contributed by atoms with Crippen LogP contribution in [-0.2, 0) is 4.79 Å². The van der Waals surface area contributed by atoms with Gasteiger partial charge in [-0.3, -0.25) is 4.79 Å². The quantitative estimate of drug-likeness (QED) is 0.688. The van der Waals surface area contributed by atoms with E-state index >= 15 is 0 Å². The molecule has 6 heteroatoms. The number of likely N-dealkylation sites (tertiary alicyclic amines) is 1. The Labute approximate surface area is 165 Å². The van der Waals surface area contributed by atoms with Crippen LogP contribution in [0.15, 0.2) is 48.7 Å². The van der Waals surface area contributed by atoms with Crippen LogP contribution in [-0.4, -0.2) is 47.4 Å². The van der Waals surface area contributed by atoms with E-state index in [1.165, 1.54) is 12.2 Å². The smallest absolute Gasteiger partial charge is 0.227 e. The molecule has 3 rings (SSSR count). The zero-order valence-electron chi connectivity index (χ0n) is 15.8. The molecule has 5 nitrogen and oxygen atoms in total. The summed E-state index contributed by atoms with van der Waals surface area (Å²) in [5, 5.41) is 2.99. The third kappa shape index (κ3) is 6.26. The van der Waals surface area contributed by atoms with Gasteiger partial charge < -0.3 is 15.0 Å². The lowest BCUT2D eigenvalue weighted by molar-refractivity contribution is -0.121. The molecule has 2 aromatic rings. The van der Waals surface area contributed by atoms with Gasteiger partial charge in [0, 0.05) is 12.0 Å². The lowest BCUT2D eigenvalue weighted by Crippen LogP contribution is -2.38. The number of nitrogens with one attached hydrogen (secondary N) is 1. The second-order valence-corrected chi connectivity index (χ2v) is 7.74. The van der Waals surface area contributed by atoms with E-state index in [-0.39, 0.29) is 11.8 Å². The van der Waals surface area contributed by atoms with E-state index < -0.39 is 0 Å². The Morgan fingerprint density at radius 3 is 2.67 bits per heavy atom. The van der Waals surface area contributed by atoms with Crippen LogP contribution in [0.4, 0.5) is 5.69 Å². The standard InChI is InChI=1S/C21H27N3O2S/c1-27-15-5-12-24-13-10-17(11-14-24)21(25)23-18-8-9-20(22-16-18)26-19-6-3-2-4-7-19/h2-4,6-9,16-17H,5,10-15H2,1H3,(H,23,25). The highest BCUT2D eigenvalue weighted by Crippen LogP contribution is 2.22. The Bertz CT molecular complexity index is 701. The summed E-state index contributed by atoms with van der Waals surface area (Å²) in [6.07, 6.45) is 6.86. The number of pyridine rings is 1. The number of aromatic nitrogens is 1. The Kier molecular flexibility index (Phi) is 7.54. The molecule has 0 radical (unpaired) electrons. The molecule has 0 atom stereocenters. The van der Waals surface area contributed by atoms with Crippen molar-refractivity contribution < 1.29 is 9.53 Å². The van der Waals surface area contributed by atoms with Crippen molar-refractivity contribution in [2.75, 3.05) is 37.0 Å². The van der Waals surface area contributed by atoms with Gasteiger partial charge in [-0.2, -0.15) is 11.8 Å². The minimum atomic E-state index is 0.0852. The molecule has 144 valence electrons. The number of hydrogen-bond acceptors (Lipinski definition) is 5. The average molecular weight is 386 g/mol. The van der Waals surface area contributed by atoms with Crippen LogP contribution in [0, 0.1) is 5.92 Å². The van der Waals surface area contributed by atoms with E-state index in [1.807, 2.05) is 48.2 Å². The van der Waals surface area contributed by atoms with Crippen molar-refractivity contribution in [2.45, 2.75) is 19.3 Å². The maximum Gasteiger partial charge on any atom is 0.227 e. The Morgan fingerprint density at radius 2 is 2.00 bits per heavy atom. The fourth-order valence-corrected chi connectivity index (χ4v) is 3.64. The summed E-state index contributed by atoms with van der Waals surface area (Å²) < 4.78 is 5.68. The minimum Gasteiger partial charge on any atom is -0.439 e. The van der Waals surface area contributed by atoms with Crippen molar-refractivity contribution in [3.63, 3.8) is 0 Å². The number of thioether (sulfide) groups is 1. The number of carbonyl (C=O) groups excluding carboxylic acids is 1. The minimum absolute atomic E-state index is 0.0852. The van der Waals surface area contributed by atoms with Gasteiger partial charge in [0.05, 0.1) is 11.9 Å². The molecule has 1 aromatic heterocycles. The number of carbonyl (C=O) groups is 1. The summed E-state index contributed by atoms with van der Waals surface area (Å²) in [5.74, 6) is 2.64. The van der Waals surface area contributed by atoms with Gasteiger partial charge >= 0.3 is 0 Å². The zero-order chi connectivity index (χ0) is 18.9. The predicted octanol–water partition coefficient (Wildman–Crippen LogP) is 4.28. The first-order valence-corrected chi connectivity index (χ1v) is 10.8. The molecule has 1 aliphatic rings. The number of benzene rings is 1. The topological polar surface area (TPSA) is 54.5 Å². The van der Waals surface area contributed by atoms with Crippen LogP contribution in [0.5, 0.6) is 11.6 Å². The highest BCUT2D eigenvalue weighted by molar-refractivity contribution is 7.98. The SMILES string of the molecule is CSCCCN1CCC(C(=O)Nc2ccc(Oc3ccccc3)nc2)CC1. The highest BCUT2D eigenvalue weighted by atomic mass is 32.2. The van der Waals surface area contributed by atoms with Crippen molar-refractivity contribution in [1.82, 2.24) is 9.88 Å². The number of nitrogens with zero attached hydrogens (tertiary/aromatic N) is 2. The lowest BCUT2D eigenvalue weighted by atomic mass is 9.96. The largest absolute Gasteiger partial charge is 0.439 e. The number of hydrogen-bond donors (Lipinski definition) is 1. The number of piperidine rings is 1. The van der Waals surface area contributed by atoms with Gasteiger partial charge in [0.25, 0.3) is 0 Å². The second-order valence-electron chi connectivity index (χ2n) is 6.75. The molecule has 1 amide bonds. The van der Waals surface area contributed by atoms with Crippen LogP contribution in [0.3, 0.4) is 0 Å². The maximum absolute atomic E-state index is 12.5. The molecule has 0 saturated carbocycles. The third-order valence-corrected chi connectivity index (χ3v) is 5.45. The molecule has 0 spiro atoms. The molecule has 1 fully saturated rings. The van der Waals surface area contributed by atoms with Gasteiger partial charge in [0.1, 0.15) is 5.75 Å². The molecular formula is C21H27N3O2S. The van der Waals surface area contributed by atoms with Crippen molar-refractivity contribution in [3.05, 3.63) is 48.7 Å². The zero-order valence-corrected chi connectivity index (χ0v) is 16.6. The Hall–Kier alpha value is -2.05. The lowest BCUT2D eigenvalue weighted by Gasteiger charge is -2.31. The fourth-order valence-electron chi connectivity index (χ4n) is 3.22. The molecule has 1 saturated heterocycles. The van der Waals surface area contributed by atoms with Crippen LogP contribution in [0.2, 0.25) is 0 Å². The maximum atomic E-state index is 12.5. The summed E-state index contributed by atoms with van der Waals surface area (Å²) in [4.78, 5) is 19.3. The normalized spacial score (nSPS) is 15.4. The molecule has 0 aliphatic carbocycles. The van der Waals surface area contributed by atoms with E-state index in [4.69, 9.17) is 4.74 Å². The second kappa shape index (κ2) is 10.3. The van der Waals surface area contributed by atoms with Gasteiger partial charge in [-0.15, -0.1) is 0 Å². The molecule has 0 bridgehead atoms. The molecule has 27 heavy (non-hydrogen) atoms. The Balaban J connectivity index is 1.44. The molecule has 2 heterocycles. The van der Waals surface area contributed by atoms with Gasteiger partial charge in [-0.05, 0) is 69.1 Å². The summed E-state index contributed by atoms with van der Waals surface area (Å²) in [5.41, 5.74) is 0.711.